The van der Waals surface area contributed by atoms with E-state index < -0.39 is 17.1 Å². The second-order valence-electron chi connectivity index (χ2n) is 10.5. The minimum absolute atomic E-state index is 0.248. The van der Waals surface area contributed by atoms with Crippen LogP contribution in [0.5, 0.6) is 5.75 Å². The number of nitrogens with one attached hydrogen (secondary N) is 1. The maximum atomic E-state index is 13.0. The lowest BCUT2D eigenvalue weighted by molar-refractivity contribution is -0.127. The quantitative estimate of drug-likeness (QED) is 0.357. The maximum Gasteiger partial charge on any atom is 0.294 e. The minimum Gasteiger partial charge on any atom is -0.507 e. The number of carbonyl (C=O) groups is 3. The fourth-order valence-electron chi connectivity index (χ4n) is 3.72. The van der Waals surface area contributed by atoms with Crippen LogP contribution >= 0.6 is 23.5 Å². The lowest BCUT2D eigenvalue weighted by Crippen LogP contribution is -2.36. The van der Waals surface area contributed by atoms with Crippen LogP contribution < -0.4 is 5.32 Å². The highest BCUT2D eigenvalue weighted by Gasteiger charge is 2.36. The van der Waals surface area contributed by atoms with Gasteiger partial charge >= 0.3 is 0 Å². The Hall–Kier alpha value is -2.71. The fourth-order valence-corrected chi connectivity index (χ4v) is 5.01. The van der Waals surface area contributed by atoms with Gasteiger partial charge in [0.25, 0.3) is 11.1 Å². The van der Waals surface area contributed by atoms with Gasteiger partial charge in [0, 0.05) is 21.7 Å². The van der Waals surface area contributed by atoms with Gasteiger partial charge in [-0.2, -0.15) is 0 Å². The molecular formula is C27H32N2O4S2. The molecule has 3 rings (SSSR count). The number of hydrogen-bond acceptors (Lipinski definition) is 6. The van der Waals surface area contributed by atoms with Crippen molar-refractivity contribution in [3.05, 3.63) is 58.0 Å². The van der Waals surface area contributed by atoms with E-state index in [2.05, 4.69) is 5.32 Å². The number of carbonyl (C=O) groups excluding carboxylic acids is 3. The van der Waals surface area contributed by atoms with Gasteiger partial charge in [0.15, 0.2) is 0 Å². The van der Waals surface area contributed by atoms with Gasteiger partial charge in [-0.15, -0.1) is 11.8 Å². The van der Waals surface area contributed by atoms with Crippen molar-refractivity contribution in [3.63, 3.8) is 0 Å². The molecule has 1 aliphatic heterocycles. The molecule has 2 aromatic carbocycles. The van der Waals surface area contributed by atoms with Crippen molar-refractivity contribution in [2.75, 3.05) is 18.1 Å². The normalized spacial score (nSPS) is 15.7. The Kier molecular flexibility index (Phi) is 7.77. The van der Waals surface area contributed by atoms with Crippen molar-refractivity contribution in [1.82, 2.24) is 4.90 Å². The Bertz CT molecular complexity index is 1170. The zero-order chi connectivity index (χ0) is 26.1. The monoisotopic (exact) mass is 512 g/mol. The first kappa shape index (κ1) is 26.9. The topological polar surface area (TPSA) is 86.7 Å². The Morgan fingerprint density at radius 2 is 1.66 bits per heavy atom. The van der Waals surface area contributed by atoms with Gasteiger partial charge in [0.05, 0.1) is 4.91 Å². The van der Waals surface area contributed by atoms with Crippen molar-refractivity contribution in [3.8, 4) is 5.75 Å². The van der Waals surface area contributed by atoms with Crippen LogP contribution in [-0.2, 0) is 20.4 Å². The first-order valence-corrected chi connectivity index (χ1v) is 13.3. The molecule has 0 aliphatic carbocycles. The molecule has 0 atom stereocenters. The Balaban J connectivity index is 1.86. The van der Waals surface area contributed by atoms with E-state index in [1.54, 1.807) is 23.9 Å². The predicted molar refractivity (Wildman–Crippen MR) is 145 cm³/mol. The van der Waals surface area contributed by atoms with Crippen LogP contribution in [0, 0.1) is 0 Å². The summed E-state index contributed by atoms with van der Waals surface area (Å²) in [5.41, 5.74) is 2.22. The Labute approximate surface area is 215 Å². The van der Waals surface area contributed by atoms with Crippen molar-refractivity contribution in [2.24, 2.45) is 0 Å². The molecule has 0 spiro atoms. The number of nitrogens with zero attached hydrogens (tertiary/aromatic N) is 1. The molecule has 1 fully saturated rings. The summed E-state index contributed by atoms with van der Waals surface area (Å²) in [6.45, 7) is 11.7. The van der Waals surface area contributed by atoms with E-state index in [1.165, 1.54) is 0 Å². The van der Waals surface area contributed by atoms with Crippen LogP contribution in [0.1, 0.15) is 58.2 Å². The molecule has 0 aromatic heterocycles. The molecule has 8 heteroatoms. The van der Waals surface area contributed by atoms with Crippen LogP contribution in [-0.4, -0.2) is 39.9 Å². The minimum atomic E-state index is -0.504. The summed E-state index contributed by atoms with van der Waals surface area (Å²) in [5.74, 6) is -0.699. The summed E-state index contributed by atoms with van der Waals surface area (Å²) in [7, 11) is 0. The van der Waals surface area contributed by atoms with E-state index in [-0.39, 0.29) is 28.0 Å². The van der Waals surface area contributed by atoms with E-state index >= 15 is 0 Å². The van der Waals surface area contributed by atoms with Crippen molar-refractivity contribution < 1.29 is 19.5 Å². The average Bonchev–Trinajstić information content (AvgIpc) is 3.00. The highest BCUT2D eigenvalue weighted by Crippen LogP contribution is 2.41. The summed E-state index contributed by atoms with van der Waals surface area (Å²) in [6, 6.07) is 11.1. The summed E-state index contributed by atoms with van der Waals surface area (Å²) in [4.78, 5) is 40.4. The number of thioether (sulfide) groups is 2. The van der Waals surface area contributed by atoms with Crippen LogP contribution in [0.2, 0.25) is 0 Å². The largest absolute Gasteiger partial charge is 0.507 e. The molecule has 1 saturated heterocycles. The van der Waals surface area contributed by atoms with Gasteiger partial charge in [0.1, 0.15) is 12.3 Å². The smallest absolute Gasteiger partial charge is 0.294 e. The van der Waals surface area contributed by atoms with E-state index in [4.69, 9.17) is 0 Å². The van der Waals surface area contributed by atoms with Gasteiger partial charge in [0.2, 0.25) is 5.91 Å². The number of imide groups is 1. The van der Waals surface area contributed by atoms with Gasteiger partial charge in [-0.25, -0.2) is 0 Å². The van der Waals surface area contributed by atoms with Crippen molar-refractivity contribution in [2.45, 2.75) is 57.3 Å². The molecule has 0 saturated carbocycles. The molecular weight excluding hydrogens is 480 g/mol. The van der Waals surface area contributed by atoms with Crippen LogP contribution in [0.15, 0.2) is 46.2 Å². The first-order valence-electron chi connectivity index (χ1n) is 11.3. The van der Waals surface area contributed by atoms with Gasteiger partial charge < -0.3 is 10.4 Å². The summed E-state index contributed by atoms with van der Waals surface area (Å²) in [5, 5.41) is 13.2. The SMILES string of the molecule is CSc1cccc(NC(=O)CN2C(=O)S/C(=C\c3cc(C(C)(C)C)c(O)c(C(C)(C)C)c3)C2=O)c1. The molecule has 2 N–H and O–H groups in total. The standard InChI is InChI=1S/C27H32N2O4S2/c1-26(2,3)19-11-16(12-20(23(19)31)27(4,5)6)13-21-24(32)29(25(33)35-21)15-22(30)28-17-9-8-10-18(14-17)34-7/h8-14,31H,15H2,1-7H3,(H,28,30)/b21-13-. The number of phenolic OH excluding ortho intramolecular Hbond substituents is 1. The third-order valence-electron chi connectivity index (χ3n) is 5.57. The molecule has 6 nitrogen and oxygen atoms in total. The number of hydrogen-bond donors (Lipinski definition) is 2. The molecule has 2 aromatic rings. The maximum absolute atomic E-state index is 13.0. The molecule has 0 unspecified atom stereocenters. The van der Waals surface area contributed by atoms with E-state index in [0.29, 0.717) is 5.69 Å². The zero-order valence-corrected chi connectivity index (χ0v) is 22.8. The number of phenols is 1. The molecule has 1 heterocycles. The third-order valence-corrected chi connectivity index (χ3v) is 7.21. The number of anilines is 1. The summed E-state index contributed by atoms with van der Waals surface area (Å²) >= 11 is 2.37. The second kappa shape index (κ2) is 10.1. The first-order chi connectivity index (χ1) is 16.2. The van der Waals surface area contributed by atoms with Crippen molar-refractivity contribution >= 4 is 52.3 Å². The van der Waals surface area contributed by atoms with Crippen LogP contribution in [0.25, 0.3) is 6.08 Å². The number of amides is 3. The van der Waals surface area contributed by atoms with E-state index in [1.807, 2.05) is 78.1 Å². The number of rotatable bonds is 5. The second-order valence-corrected chi connectivity index (χ2v) is 12.4. The van der Waals surface area contributed by atoms with Crippen LogP contribution in [0.3, 0.4) is 0 Å². The molecule has 186 valence electrons. The molecule has 3 amide bonds. The predicted octanol–water partition coefficient (Wildman–Crippen LogP) is 6.38. The van der Waals surface area contributed by atoms with Gasteiger partial charge in [-0.05, 0) is 70.8 Å². The Morgan fingerprint density at radius 3 is 2.20 bits per heavy atom. The third kappa shape index (κ3) is 6.30. The highest BCUT2D eigenvalue weighted by atomic mass is 32.2. The van der Waals surface area contributed by atoms with E-state index in [9.17, 15) is 19.5 Å². The molecule has 35 heavy (non-hydrogen) atoms. The van der Waals surface area contributed by atoms with Crippen molar-refractivity contribution in [1.29, 1.82) is 0 Å². The number of benzene rings is 2. The summed E-state index contributed by atoms with van der Waals surface area (Å²) < 4.78 is 0. The van der Waals surface area contributed by atoms with Gasteiger partial charge in [-0.3, -0.25) is 19.3 Å². The lowest BCUT2D eigenvalue weighted by Gasteiger charge is -2.28. The van der Waals surface area contributed by atoms with Crippen LogP contribution in [0.4, 0.5) is 10.5 Å². The van der Waals surface area contributed by atoms with Gasteiger partial charge in [-0.1, -0.05) is 47.6 Å². The Morgan fingerprint density at radius 1 is 1.06 bits per heavy atom. The number of aromatic hydroxyl groups is 1. The zero-order valence-electron chi connectivity index (χ0n) is 21.2. The lowest BCUT2D eigenvalue weighted by atomic mass is 9.78. The van der Waals surface area contributed by atoms with E-state index in [0.717, 1.165) is 38.2 Å². The average molecular weight is 513 g/mol. The fraction of sp³-hybridized carbons (Fsp3) is 0.370. The molecule has 0 radical (unpaired) electrons. The summed E-state index contributed by atoms with van der Waals surface area (Å²) in [6.07, 6.45) is 3.60. The highest BCUT2D eigenvalue weighted by molar-refractivity contribution is 8.18. The molecule has 0 bridgehead atoms. The molecule has 1 aliphatic rings.